The van der Waals surface area contributed by atoms with Crippen LogP contribution in [0.2, 0.25) is 0 Å². The van der Waals surface area contributed by atoms with E-state index in [9.17, 15) is 9.59 Å². The van der Waals surface area contributed by atoms with Crippen LogP contribution in [0.3, 0.4) is 0 Å². The number of hydrogen-bond donors (Lipinski definition) is 2. The van der Waals surface area contributed by atoms with Crippen molar-refractivity contribution in [1.29, 1.82) is 0 Å². The number of rotatable bonds is 6. The van der Waals surface area contributed by atoms with E-state index in [2.05, 4.69) is 20.2 Å². The highest BCUT2D eigenvalue weighted by atomic mass is 16.2. The van der Waals surface area contributed by atoms with Crippen molar-refractivity contribution >= 4 is 23.3 Å². The van der Waals surface area contributed by atoms with Gasteiger partial charge in [-0.3, -0.25) is 9.59 Å². The van der Waals surface area contributed by atoms with E-state index >= 15 is 0 Å². The summed E-state index contributed by atoms with van der Waals surface area (Å²) in [7, 11) is 0. The third-order valence-corrected chi connectivity index (χ3v) is 6.78. The van der Waals surface area contributed by atoms with Crippen molar-refractivity contribution in [2.45, 2.75) is 31.7 Å². The van der Waals surface area contributed by atoms with E-state index < -0.39 is 5.91 Å². The molecule has 0 bridgehead atoms. The molecule has 8 nitrogen and oxygen atoms in total. The van der Waals surface area contributed by atoms with Crippen LogP contribution in [0.1, 0.15) is 50.8 Å². The first-order valence-corrected chi connectivity index (χ1v) is 12.2. The topological polar surface area (TPSA) is 104 Å². The molecule has 8 heteroatoms. The second-order valence-electron chi connectivity index (χ2n) is 9.19. The first-order valence-electron chi connectivity index (χ1n) is 12.2. The molecule has 2 saturated heterocycles. The number of amides is 2. The van der Waals surface area contributed by atoms with E-state index in [0.717, 1.165) is 44.6 Å². The molecule has 0 aliphatic carbocycles. The Morgan fingerprint density at radius 3 is 2.49 bits per heavy atom. The number of para-hydroxylation sites is 1. The number of carbonyl (C=O) groups is 2. The molecule has 2 aliphatic rings. The maximum absolute atomic E-state index is 13.3. The van der Waals surface area contributed by atoms with Crippen LogP contribution < -0.4 is 11.1 Å². The van der Waals surface area contributed by atoms with E-state index in [1.807, 2.05) is 47.4 Å². The van der Waals surface area contributed by atoms with Crippen LogP contribution >= 0.6 is 0 Å². The van der Waals surface area contributed by atoms with Crippen LogP contribution in [0, 0.1) is 0 Å². The Morgan fingerprint density at radius 1 is 1.00 bits per heavy atom. The van der Waals surface area contributed by atoms with Crippen molar-refractivity contribution in [2.75, 3.05) is 37.2 Å². The van der Waals surface area contributed by atoms with E-state index in [1.165, 1.54) is 19.0 Å². The Balaban J connectivity index is 0.00000169. The van der Waals surface area contributed by atoms with Crippen molar-refractivity contribution < 1.29 is 13.9 Å². The molecular weight excluding hydrogens is 440 g/mol. The fourth-order valence-electron chi connectivity index (χ4n) is 4.92. The lowest BCUT2D eigenvalue weighted by Crippen LogP contribution is -2.42. The molecule has 0 saturated carbocycles. The molecule has 3 N–H and O–H groups in total. The fraction of sp³-hybridized carbons (Fsp3) is 0.333. The van der Waals surface area contributed by atoms with Crippen LogP contribution in [0.5, 0.6) is 0 Å². The quantitative estimate of drug-likeness (QED) is 0.546. The molecule has 2 amide bonds. The van der Waals surface area contributed by atoms with Gasteiger partial charge in [-0.1, -0.05) is 30.3 Å². The van der Waals surface area contributed by atoms with Crippen LogP contribution in [0.25, 0.3) is 11.3 Å². The summed E-state index contributed by atoms with van der Waals surface area (Å²) in [6.07, 6.45) is 6.17. The smallest absolute Gasteiger partial charge is 0.278 e. The lowest BCUT2D eigenvalue weighted by molar-refractivity contribution is 0.0708. The van der Waals surface area contributed by atoms with Gasteiger partial charge in [0.2, 0.25) is 0 Å². The summed E-state index contributed by atoms with van der Waals surface area (Å²) in [4.78, 5) is 39.1. The molecule has 3 aromatic rings. The monoisotopic (exact) mass is 476 g/mol. The van der Waals surface area contributed by atoms with Crippen molar-refractivity contribution in [3.63, 3.8) is 0 Å². The molecule has 2 aliphatic heterocycles. The number of nitrogen functional groups attached to an aromatic ring is 1. The third-order valence-electron chi connectivity index (χ3n) is 6.78. The normalized spacial score (nSPS) is 18.1. The van der Waals surface area contributed by atoms with Crippen LogP contribution in [0.15, 0.2) is 60.8 Å². The Morgan fingerprint density at radius 2 is 1.74 bits per heavy atom. The van der Waals surface area contributed by atoms with Crippen molar-refractivity contribution in [1.82, 2.24) is 19.8 Å². The van der Waals surface area contributed by atoms with Gasteiger partial charge >= 0.3 is 0 Å². The number of benzene rings is 2. The Bertz CT molecular complexity index is 1210. The predicted octanol–water partition coefficient (Wildman–Crippen LogP) is 4.42. The summed E-state index contributed by atoms with van der Waals surface area (Å²) >= 11 is 0. The number of nitrogens with one attached hydrogen (secondary N) is 1. The highest BCUT2D eigenvalue weighted by Gasteiger charge is 2.31. The molecule has 3 heterocycles. The molecule has 186 valence electrons. The molecule has 5 rings (SSSR count). The minimum atomic E-state index is -0.423. The van der Waals surface area contributed by atoms with E-state index in [0.29, 0.717) is 16.9 Å². The summed E-state index contributed by atoms with van der Waals surface area (Å²) in [5.41, 5.74) is 8.59. The highest BCUT2D eigenvalue weighted by Crippen LogP contribution is 2.25. The van der Waals surface area contributed by atoms with Crippen molar-refractivity contribution in [3.8, 4) is 11.3 Å². The van der Waals surface area contributed by atoms with Crippen LogP contribution in [-0.2, 0) is 0 Å². The van der Waals surface area contributed by atoms with E-state index in [4.69, 9.17) is 5.73 Å². The standard InChI is InChI=1S/C27H30N6O2.3H2/c28-25-24(26(34)30-21-7-2-1-3-8-21)31-23(17-29-25)19-10-12-20(13-11-19)27(35)33-16-6-9-22(33)18-32-14-4-5-15-32;;;/h1-3,7-8,10-13,17,22H,4-6,9,14-16,18H2,(H2,28,29)(H,30,34);3*1H/t22-;;;/m1.../s1. The second kappa shape index (κ2) is 10.2. The largest absolute Gasteiger partial charge is 0.382 e. The molecule has 2 aromatic carbocycles. The zero-order chi connectivity index (χ0) is 24.2. The molecule has 0 spiro atoms. The first-order chi connectivity index (χ1) is 17.1. The van der Waals surface area contributed by atoms with Gasteiger partial charge in [-0.2, -0.15) is 0 Å². The molecule has 0 unspecified atom stereocenters. The number of anilines is 2. The minimum absolute atomic E-state index is 0. The molecule has 1 atom stereocenters. The molecule has 1 aromatic heterocycles. The Labute approximate surface area is 209 Å². The number of aromatic nitrogens is 2. The number of carbonyl (C=O) groups excluding carboxylic acids is 2. The molecule has 0 radical (unpaired) electrons. The SMILES string of the molecule is Nc1ncc(-c2ccc(C(=O)N3CCC[C@@H]3CN3CCCC3)cc2)nc1C(=O)Nc1ccccc1.[HH].[HH].[HH]. The first kappa shape index (κ1) is 23.0. The summed E-state index contributed by atoms with van der Waals surface area (Å²) in [6, 6.07) is 16.7. The van der Waals surface area contributed by atoms with Crippen molar-refractivity contribution in [2.24, 2.45) is 0 Å². The third kappa shape index (κ3) is 5.17. The molecule has 2 fully saturated rings. The summed E-state index contributed by atoms with van der Waals surface area (Å²) in [5.74, 6) is -0.287. The number of hydrogen-bond acceptors (Lipinski definition) is 6. The average molecular weight is 477 g/mol. The summed E-state index contributed by atoms with van der Waals surface area (Å²) < 4.78 is 0. The lowest BCUT2D eigenvalue weighted by Gasteiger charge is -2.28. The Kier molecular flexibility index (Phi) is 6.72. The second-order valence-corrected chi connectivity index (χ2v) is 9.19. The minimum Gasteiger partial charge on any atom is -0.382 e. The molecule has 35 heavy (non-hydrogen) atoms. The lowest BCUT2D eigenvalue weighted by atomic mass is 10.1. The van der Waals surface area contributed by atoms with Gasteiger partial charge in [0.25, 0.3) is 11.8 Å². The van der Waals surface area contributed by atoms with Gasteiger partial charge < -0.3 is 20.9 Å². The van der Waals surface area contributed by atoms with Gasteiger partial charge in [0, 0.05) is 40.2 Å². The van der Waals surface area contributed by atoms with Gasteiger partial charge in [0.05, 0.1) is 11.9 Å². The van der Waals surface area contributed by atoms with E-state index in [1.54, 1.807) is 12.1 Å². The Hall–Kier alpha value is -3.78. The fourth-order valence-corrected chi connectivity index (χ4v) is 4.92. The number of nitrogens with two attached hydrogens (primary N) is 1. The average Bonchev–Trinajstić information content (AvgIpc) is 3.57. The maximum atomic E-state index is 13.3. The van der Waals surface area contributed by atoms with Gasteiger partial charge in [-0.15, -0.1) is 0 Å². The van der Waals surface area contributed by atoms with Gasteiger partial charge in [0.1, 0.15) is 0 Å². The van der Waals surface area contributed by atoms with Gasteiger partial charge in [0.15, 0.2) is 11.5 Å². The molecular formula is C27H36N6O2. The summed E-state index contributed by atoms with van der Waals surface area (Å²) in [6.45, 7) is 4.06. The van der Waals surface area contributed by atoms with Gasteiger partial charge in [-0.25, -0.2) is 9.97 Å². The van der Waals surface area contributed by atoms with Crippen LogP contribution in [-0.4, -0.2) is 63.8 Å². The van der Waals surface area contributed by atoms with E-state index in [-0.39, 0.29) is 27.7 Å². The highest BCUT2D eigenvalue weighted by molar-refractivity contribution is 6.06. The predicted molar refractivity (Wildman–Crippen MR) is 142 cm³/mol. The van der Waals surface area contributed by atoms with Crippen molar-refractivity contribution in [3.05, 3.63) is 72.1 Å². The zero-order valence-electron chi connectivity index (χ0n) is 19.7. The summed E-state index contributed by atoms with van der Waals surface area (Å²) in [5, 5.41) is 2.79. The number of likely N-dealkylation sites (tertiary alicyclic amines) is 2. The maximum Gasteiger partial charge on any atom is 0.278 e. The number of nitrogens with zero attached hydrogens (tertiary/aromatic N) is 4. The zero-order valence-corrected chi connectivity index (χ0v) is 19.7. The van der Waals surface area contributed by atoms with Gasteiger partial charge in [-0.05, 0) is 63.0 Å². The van der Waals surface area contributed by atoms with Crippen LogP contribution in [0.4, 0.5) is 11.5 Å².